The molecule has 2 aromatic carbocycles. The van der Waals surface area contributed by atoms with E-state index in [0.29, 0.717) is 37.6 Å². The molecule has 30 heavy (non-hydrogen) atoms. The van der Waals surface area contributed by atoms with Gasteiger partial charge in [-0.2, -0.15) is 0 Å². The van der Waals surface area contributed by atoms with Gasteiger partial charge in [0.25, 0.3) is 5.69 Å². The van der Waals surface area contributed by atoms with Crippen molar-refractivity contribution in [2.45, 2.75) is 13.0 Å². The second-order valence-electron chi connectivity index (χ2n) is 6.93. The summed E-state index contributed by atoms with van der Waals surface area (Å²) in [5.41, 5.74) is 0.950. The van der Waals surface area contributed by atoms with E-state index in [2.05, 4.69) is 10.6 Å². The second kappa shape index (κ2) is 9.31. The lowest BCUT2D eigenvalue weighted by Gasteiger charge is -2.37. The van der Waals surface area contributed by atoms with Crippen LogP contribution in [0.5, 0.6) is 0 Å². The van der Waals surface area contributed by atoms with Crippen LogP contribution < -0.4 is 10.6 Å². The van der Waals surface area contributed by atoms with Crippen LogP contribution in [0.15, 0.2) is 48.5 Å². The summed E-state index contributed by atoms with van der Waals surface area (Å²) in [6.45, 7) is 3.71. The van der Waals surface area contributed by atoms with Crippen molar-refractivity contribution in [3.8, 4) is 0 Å². The molecule has 1 heterocycles. The molecular weight excluding hydrogens is 393 g/mol. The first-order valence-electron chi connectivity index (χ1n) is 9.44. The van der Waals surface area contributed by atoms with Gasteiger partial charge in [0.05, 0.1) is 11.0 Å². The Balaban J connectivity index is 1.48. The maximum atomic E-state index is 13.0. The molecule has 1 atom stereocenters. The van der Waals surface area contributed by atoms with Crippen LogP contribution in [0, 0.1) is 15.9 Å². The molecule has 2 aromatic rings. The lowest BCUT2D eigenvalue weighted by molar-refractivity contribution is -0.384. The lowest BCUT2D eigenvalue weighted by atomic mass is 10.2. The minimum atomic E-state index is -0.500. The number of nitro benzene ring substituents is 1. The molecule has 0 radical (unpaired) electrons. The van der Waals surface area contributed by atoms with Gasteiger partial charge in [-0.3, -0.25) is 19.8 Å². The minimum absolute atomic E-state index is 0.0453. The highest BCUT2D eigenvalue weighted by molar-refractivity contribution is 5.94. The number of hydrogen-bond acceptors (Lipinski definition) is 5. The summed E-state index contributed by atoms with van der Waals surface area (Å²) in [6, 6.07) is 10.5. The third kappa shape index (κ3) is 5.29. The molecule has 3 amide bonds. The summed E-state index contributed by atoms with van der Waals surface area (Å²) in [7, 11) is 0. The summed E-state index contributed by atoms with van der Waals surface area (Å²) in [5.74, 6) is -0.601. The van der Waals surface area contributed by atoms with E-state index in [9.17, 15) is 24.1 Å². The number of benzene rings is 2. The fourth-order valence-electron chi connectivity index (χ4n) is 3.13. The summed E-state index contributed by atoms with van der Waals surface area (Å²) in [4.78, 5) is 38.7. The number of halogens is 1. The van der Waals surface area contributed by atoms with Crippen molar-refractivity contribution in [2.24, 2.45) is 0 Å². The fraction of sp³-hybridized carbons (Fsp3) is 0.300. The van der Waals surface area contributed by atoms with Gasteiger partial charge in [0.1, 0.15) is 5.82 Å². The molecule has 1 aliphatic heterocycles. The van der Waals surface area contributed by atoms with Crippen LogP contribution in [-0.2, 0) is 4.79 Å². The first-order valence-corrected chi connectivity index (χ1v) is 9.44. The van der Waals surface area contributed by atoms with Crippen LogP contribution >= 0.6 is 0 Å². The molecule has 0 bridgehead atoms. The van der Waals surface area contributed by atoms with Gasteiger partial charge in [-0.25, -0.2) is 9.18 Å². The predicted molar refractivity (Wildman–Crippen MR) is 110 cm³/mol. The van der Waals surface area contributed by atoms with E-state index in [4.69, 9.17) is 0 Å². The van der Waals surface area contributed by atoms with E-state index >= 15 is 0 Å². The zero-order valence-electron chi connectivity index (χ0n) is 16.4. The highest BCUT2D eigenvalue weighted by Crippen LogP contribution is 2.17. The van der Waals surface area contributed by atoms with Crippen LogP contribution in [0.4, 0.5) is 26.2 Å². The van der Waals surface area contributed by atoms with Crippen LogP contribution in [0.25, 0.3) is 0 Å². The number of nitro groups is 1. The topological polar surface area (TPSA) is 108 Å². The molecule has 10 heteroatoms. The standard InChI is InChI=1S/C20H22FN5O4/c1-14(19(27)22-16-6-8-18(9-7-16)26(29)30)24-10-12-25(13-11-24)20(28)23-17-4-2-15(21)3-5-17/h2-9,14H,10-13H2,1H3,(H,22,27)(H,23,28). The van der Waals surface area contributed by atoms with Crippen molar-refractivity contribution in [2.75, 3.05) is 36.8 Å². The molecule has 2 N–H and O–H groups in total. The van der Waals surface area contributed by atoms with Crippen molar-refractivity contribution in [3.63, 3.8) is 0 Å². The number of piperazine rings is 1. The number of nitrogens with one attached hydrogen (secondary N) is 2. The molecule has 9 nitrogen and oxygen atoms in total. The highest BCUT2D eigenvalue weighted by Gasteiger charge is 2.27. The summed E-state index contributed by atoms with van der Waals surface area (Å²) in [5, 5.41) is 16.2. The van der Waals surface area contributed by atoms with Crippen molar-refractivity contribution in [1.82, 2.24) is 9.80 Å². The summed E-state index contributed by atoms with van der Waals surface area (Å²) < 4.78 is 13.0. The molecule has 3 rings (SSSR count). The number of anilines is 2. The van der Waals surface area contributed by atoms with Crippen LogP contribution in [0.3, 0.4) is 0 Å². The number of carbonyl (C=O) groups is 2. The Hall–Kier alpha value is -3.53. The first-order chi connectivity index (χ1) is 14.3. The highest BCUT2D eigenvalue weighted by atomic mass is 19.1. The monoisotopic (exact) mass is 415 g/mol. The molecule has 1 unspecified atom stereocenters. The SMILES string of the molecule is CC(C(=O)Nc1ccc([N+](=O)[O-])cc1)N1CCN(C(=O)Nc2ccc(F)cc2)CC1. The van der Waals surface area contributed by atoms with Gasteiger partial charge in [-0.05, 0) is 43.3 Å². The van der Waals surface area contributed by atoms with Crippen LogP contribution in [0.2, 0.25) is 0 Å². The van der Waals surface area contributed by atoms with Crippen LogP contribution in [0.1, 0.15) is 6.92 Å². The van der Waals surface area contributed by atoms with E-state index in [0.717, 1.165) is 0 Å². The zero-order valence-corrected chi connectivity index (χ0v) is 16.4. The van der Waals surface area contributed by atoms with Gasteiger partial charge in [0.2, 0.25) is 5.91 Å². The first kappa shape index (κ1) is 21.2. The number of nitrogens with zero attached hydrogens (tertiary/aromatic N) is 3. The lowest BCUT2D eigenvalue weighted by Crippen LogP contribution is -2.54. The van der Waals surface area contributed by atoms with Gasteiger partial charge in [0, 0.05) is 49.7 Å². The molecule has 1 saturated heterocycles. The van der Waals surface area contributed by atoms with Crippen molar-refractivity contribution >= 4 is 29.0 Å². The van der Waals surface area contributed by atoms with Gasteiger partial charge >= 0.3 is 6.03 Å². The molecule has 0 aliphatic carbocycles. The summed E-state index contributed by atoms with van der Waals surface area (Å²) >= 11 is 0. The van der Waals surface area contributed by atoms with E-state index in [-0.39, 0.29) is 23.4 Å². The van der Waals surface area contributed by atoms with E-state index in [1.54, 1.807) is 11.8 Å². The summed E-state index contributed by atoms with van der Waals surface area (Å²) in [6.07, 6.45) is 0. The fourth-order valence-corrected chi connectivity index (χ4v) is 3.13. The molecule has 1 aliphatic rings. The largest absolute Gasteiger partial charge is 0.325 e. The number of non-ortho nitro benzene ring substituents is 1. The second-order valence-corrected chi connectivity index (χ2v) is 6.93. The Morgan fingerprint density at radius 2 is 1.50 bits per heavy atom. The number of carbonyl (C=O) groups excluding carboxylic acids is 2. The zero-order chi connectivity index (χ0) is 21.7. The maximum absolute atomic E-state index is 13.0. The number of rotatable bonds is 5. The Morgan fingerprint density at radius 3 is 2.07 bits per heavy atom. The molecule has 1 fully saturated rings. The van der Waals surface area contributed by atoms with Gasteiger partial charge in [-0.1, -0.05) is 0 Å². The molecule has 0 spiro atoms. The third-order valence-corrected chi connectivity index (χ3v) is 4.97. The van der Waals surface area contributed by atoms with E-state index in [1.165, 1.54) is 48.5 Å². The molecule has 158 valence electrons. The number of amides is 3. The third-order valence-electron chi connectivity index (χ3n) is 4.97. The number of hydrogen-bond donors (Lipinski definition) is 2. The predicted octanol–water partition coefficient (Wildman–Crippen LogP) is 2.91. The van der Waals surface area contributed by atoms with E-state index in [1.807, 2.05) is 4.90 Å². The van der Waals surface area contributed by atoms with Gasteiger partial charge in [-0.15, -0.1) is 0 Å². The van der Waals surface area contributed by atoms with Gasteiger partial charge < -0.3 is 15.5 Å². The molecular formula is C20H22FN5O4. The Bertz CT molecular complexity index is 912. The Morgan fingerprint density at radius 1 is 0.967 bits per heavy atom. The van der Waals surface area contributed by atoms with Crippen molar-refractivity contribution < 1.29 is 18.9 Å². The average molecular weight is 415 g/mol. The molecule has 0 saturated carbocycles. The smallest absolute Gasteiger partial charge is 0.321 e. The number of urea groups is 1. The Kier molecular flexibility index (Phi) is 6.58. The van der Waals surface area contributed by atoms with Crippen LogP contribution in [-0.4, -0.2) is 58.9 Å². The molecule has 0 aromatic heterocycles. The minimum Gasteiger partial charge on any atom is -0.325 e. The van der Waals surface area contributed by atoms with E-state index < -0.39 is 11.0 Å². The van der Waals surface area contributed by atoms with Crippen molar-refractivity contribution in [3.05, 3.63) is 64.5 Å². The van der Waals surface area contributed by atoms with Gasteiger partial charge in [0.15, 0.2) is 0 Å². The maximum Gasteiger partial charge on any atom is 0.321 e. The van der Waals surface area contributed by atoms with Crippen molar-refractivity contribution in [1.29, 1.82) is 0 Å². The average Bonchev–Trinajstić information content (AvgIpc) is 2.75. The quantitative estimate of drug-likeness (QED) is 0.577. The normalized spacial score (nSPS) is 15.3. The Labute approximate surface area is 172 Å².